The Balaban J connectivity index is 1.70. The highest BCUT2D eigenvalue weighted by atomic mass is 32.2. The van der Waals surface area contributed by atoms with Crippen LogP contribution in [0.5, 0.6) is 0 Å². The van der Waals surface area contributed by atoms with Crippen molar-refractivity contribution in [2.45, 2.75) is 11.4 Å². The van der Waals surface area contributed by atoms with Gasteiger partial charge in [-0.05, 0) is 53.9 Å². The lowest BCUT2D eigenvalue weighted by Gasteiger charge is -2.11. The summed E-state index contributed by atoms with van der Waals surface area (Å²) in [6.45, 7) is 0.189. The number of rotatable bonds is 7. The monoisotopic (exact) mass is 443 g/mol. The lowest BCUT2D eigenvalue weighted by molar-refractivity contribution is 0.0827. The molecule has 0 unspecified atom stereocenters. The molecule has 1 heterocycles. The summed E-state index contributed by atoms with van der Waals surface area (Å²) in [7, 11) is -0.432. The number of anilines is 1. The molecule has 1 aromatic heterocycles. The Labute approximate surface area is 179 Å². The zero-order valence-corrected chi connectivity index (χ0v) is 18.1. The molecule has 7 nitrogen and oxygen atoms in total. The number of nitrogens with one attached hydrogen (secondary N) is 2. The van der Waals surface area contributed by atoms with Gasteiger partial charge in [-0.15, -0.1) is 11.3 Å². The second kappa shape index (κ2) is 9.21. The molecule has 0 saturated carbocycles. The van der Waals surface area contributed by atoms with Crippen LogP contribution in [0.2, 0.25) is 0 Å². The van der Waals surface area contributed by atoms with Gasteiger partial charge < -0.3 is 10.2 Å². The van der Waals surface area contributed by atoms with Crippen LogP contribution in [-0.4, -0.2) is 39.2 Å². The lowest BCUT2D eigenvalue weighted by atomic mass is 10.1. The fourth-order valence-electron chi connectivity index (χ4n) is 2.62. The molecule has 0 aliphatic carbocycles. The topological polar surface area (TPSA) is 95.6 Å². The Morgan fingerprint density at radius 3 is 2.33 bits per heavy atom. The number of nitrogens with zero attached hydrogens (tertiary/aromatic N) is 1. The van der Waals surface area contributed by atoms with Gasteiger partial charge in [-0.2, -0.15) is 0 Å². The van der Waals surface area contributed by atoms with Crippen LogP contribution in [0.25, 0.3) is 0 Å². The average molecular weight is 444 g/mol. The van der Waals surface area contributed by atoms with E-state index < -0.39 is 15.9 Å². The second-order valence-corrected chi connectivity index (χ2v) is 9.46. The van der Waals surface area contributed by atoms with Crippen molar-refractivity contribution >= 4 is 38.9 Å². The molecule has 0 spiro atoms. The van der Waals surface area contributed by atoms with Gasteiger partial charge in [0.25, 0.3) is 11.8 Å². The number of thiophene rings is 1. The summed E-state index contributed by atoms with van der Waals surface area (Å²) < 4.78 is 27.6. The van der Waals surface area contributed by atoms with Gasteiger partial charge in [0.05, 0.1) is 4.90 Å². The van der Waals surface area contributed by atoms with Gasteiger partial charge in [-0.25, -0.2) is 13.1 Å². The van der Waals surface area contributed by atoms with Crippen LogP contribution < -0.4 is 10.0 Å². The van der Waals surface area contributed by atoms with E-state index >= 15 is 0 Å². The number of sulfonamides is 1. The maximum absolute atomic E-state index is 12.6. The third kappa shape index (κ3) is 5.32. The molecule has 2 N–H and O–H groups in total. The van der Waals surface area contributed by atoms with Crippen LogP contribution in [0.3, 0.4) is 0 Å². The van der Waals surface area contributed by atoms with Crippen molar-refractivity contribution in [1.29, 1.82) is 0 Å². The average Bonchev–Trinajstić information content (AvgIpc) is 3.26. The highest BCUT2D eigenvalue weighted by Gasteiger charge is 2.17. The summed E-state index contributed by atoms with van der Waals surface area (Å²) in [5.41, 5.74) is 1.21. The SMILES string of the molecule is CN(C)C(=O)c1ccc(NC(=O)c2cccc(S(=O)(=O)NCc3cccs3)c2)cc1. The minimum absolute atomic E-state index is 0.0126. The molecule has 0 atom stereocenters. The van der Waals surface area contributed by atoms with Gasteiger partial charge in [-0.1, -0.05) is 12.1 Å². The van der Waals surface area contributed by atoms with Crippen LogP contribution in [0.4, 0.5) is 5.69 Å². The number of benzene rings is 2. The van der Waals surface area contributed by atoms with Gasteiger partial charge in [-0.3, -0.25) is 9.59 Å². The lowest BCUT2D eigenvalue weighted by Crippen LogP contribution is -2.23. The number of amides is 2. The number of carbonyl (C=O) groups excluding carboxylic acids is 2. The molecule has 30 heavy (non-hydrogen) atoms. The summed E-state index contributed by atoms with van der Waals surface area (Å²) in [4.78, 5) is 26.9. The molecule has 0 fully saturated rings. The normalized spacial score (nSPS) is 11.1. The minimum Gasteiger partial charge on any atom is -0.345 e. The van der Waals surface area contributed by atoms with E-state index in [1.54, 1.807) is 38.4 Å². The van der Waals surface area contributed by atoms with E-state index in [9.17, 15) is 18.0 Å². The smallest absolute Gasteiger partial charge is 0.255 e. The van der Waals surface area contributed by atoms with E-state index in [0.717, 1.165) is 4.88 Å². The Bertz CT molecular complexity index is 1140. The molecule has 3 aromatic rings. The molecule has 2 amide bonds. The zero-order chi connectivity index (χ0) is 21.7. The molecule has 3 rings (SSSR count). The predicted molar refractivity (Wildman–Crippen MR) is 117 cm³/mol. The maximum Gasteiger partial charge on any atom is 0.255 e. The van der Waals surface area contributed by atoms with Crippen molar-refractivity contribution in [3.8, 4) is 0 Å². The fraction of sp³-hybridized carbons (Fsp3) is 0.143. The Kier molecular flexibility index (Phi) is 6.66. The van der Waals surface area contributed by atoms with Crippen LogP contribution >= 0.6 is 11.3 Å². The van der Waals surface area contributed by atoms with Gasteiger partial charge in [0.2, 0.25) is 10.0 Å². The predicted octanol–water partition coefficient (Wildman–Crippen LogP) is 3.18. The molecular formula is C21H21N3O4S2. The standard InChI is InChI=1S/C21H21N3O4S2/c1-24(2)21(26)15-8-10-17(11-9-15)23-20(25)16-5-3-7-19(13-16)30(27,28)22-14-18-6-4-12-29-18/h3-13,22H,14H2,1-2H3,(H,23,25). The van der Waals surface area contributed by atoms with Crippen molar-refractivity contribution in [3.63, 3.8) is 0 Å². The summed E-state index contributed by atoms with van der Waals surface area (Å²) in [5.74, 6) is -0.585. The molecule has 9 heteroatoms. The first-order chi connectivity index (χ1) is 14.3. The molecule has 156 valence electrons. The number of hydrogen-bond donors (Lipinski definition) is 2. The molecule has 0 aliphatic heterocycles. The van der Waals surface area contributed by atoms with Crippen LogP contribution in [0, 0.1) is 0 Å². The van der Waals surface area contributed by atoms with Crippen LogP contribution in [0.1, 0.15) is 25.6 Å². The minimum atomic E-state index is -3.75. The molecular weight excluding hydrogens is 422 g/mol. The zero-order valence-electron chi connectivity index (χ0n) is 16.5. The van der Waals surface area contributed by atoms with Crippen molar-refractivity contribution in [1.82, 2.24) is 9.62 Å². The first kappa shape index (κ1) is 21.7. The number of hydrogen-bond acceptors (Lipinski definition) is 5. The van der Waals surface area contributed by atoms with Crippen molar-refractivity contribution < 1.29 is 18.0 Å². The van der Waals surface area contributed by atoms with Crippen LogP contribution in [0.15, 0.2) is 70.9 Å². The van der Waals surface area contributed by atoms with E-state index in [1.807, 2.05) is 17.5 Å². The van der Waals surface area contributed by atoms with E-state index in [1.165, 1.54) is 40.5 Å². The Morgan fingerprint density at radius 2 is 1.70 bits per heavy atom. The summed E-state index contributed by atoms with van der Waals surface area (Å²) in [5, 5.41) is 4.58. The molecule has 0 saturated heterocycles. The fourth-order valence-corrected chi connectivity index (χ4v) is 4.41. The third-order valence-electron chi connectivity index (χ3n) is 4.22. The van der Waals surface area contributed by atoms with E-state index in [4.69, 9.17) is 0 Å². The Morgan fingerprint density at radius 1 is 0.967 bits per heavy atom. The van der Waals surface area contributed by atoms with E-state index in [0.29, 0.717) is 11.3 Å². The maximum atomic E-state index is 12.6. The Hall–Kier alpha value is -3.01. The quantitative estimate of drug-likeness (QED) is 0.586. The highest BCUT2D eigenvalue weighted by molar-refractivity contribution is 7.89. The molecule has 0 aliphatic rings. The van der Waals surface area contributed by atoms with Crippen molar-refractivity contribution in [2.24, 2.45) is 0 Å². The van der Waals surface area contributed by atoms with Gasteiger partial charge in [0.1, 0.15) is 0 Å². The molecule has 0 bridgehead atoms. The first-order valence-electron chi connectivity index (χ1n) is 9.01. The summed E-state index contributed by atoms with van der Waals surface area (Å²) in [6.07, 6.45) is 0. The van der Waals surface area contributed by atoms with E-state index in [2.05, 4.69) is 10.0 Å². The molecule has 2 aromatic carbocycles. The number of carbonyl (C=O) groups is 2. The summed E-state index contributed by atoms with van der Waals surface area (Å²) >= 11 is 1.46. The van der Waals surface area contributed by atoms with Gasteiger partial charge >= 0.3 is 0 Å². The van der Waals surface area contributed by atoms with Gasteiger partial charge in [0.15, 0.2) is 0 Å². The summed E-state index contributed by atoms with van der Waals surface area (Å²) in [6, 6.07) is 16.0. The first-order valence-corrected chi connectivity index (χ1v) is 11.4. The van der Waals surface area contributed by atoms with Gasteiger partial charge in [0, 0.05) is 42.3 Å². The van der Waals surface area contributed by atoms with Crippen molar-refractivity contribution in [3.05, 3.63) is 82.0 Å². The second-order valence-electron chi connectivity index (χ2n) is 6.66. The van der Waals surface area contributed by atoms with E-state index in [-0.39, 0.29) is 22.9 Å². The largest absolute Gasteiger partial charge is 0.345 e. The van der Waals surface area contributed by atoms with Crippen molar-refractivity contribution in [2.75, 3.05) is 19.4 Å². The molecule has 0 radical (unpaired) electrons. The third-order valence-corrected chi connectivity index (χ3v) is 6.49. The highest BCUT2D eigenvalue weighted by Crippen LogP contribution is 2.16. The van der Waals surface area contributed by atoms with Crippen LogP contribution in [-0.2, 0) is 16.6 Å².